The van der Waals surface area contributed by atoms with Crippen LogP contribution in [0.4, 0.5) is 0 Å². The van der Waals surface area contributed by atoms with Gasteiger partial charge in [0.25, 0.3) is 0 Å². The Balaban J connectivity index is 0.00000320. The van der Waals surface area contributed by atoms with Gasteiger partial charge in [0.2, 0.25) is 0 Å². The van der Waals surface area contributed by atoms with Gasteiger partial charge < -0.3 is 20.1 Å². The minimum atomic E-state index is -2.98. The number of benzene rings is 1. The lowest BCUT2D eigenvalue weighted by Crippen LogP contribution is -2.41. The van der Waals surface area contributed by atoms with Gasteiger partial charge in [0.15, 0.2) is 17.5 Å². The van der Waals surface area contributed by atoms with E-state index in [1.807, 2.05) is 18.2 Å². The van der Waals surface area contributed by atoms with E-state index in [2.05, 4.69) is 15.6 Å². The van der Waals surface area contributed by atoms with Crippen molar-refractivity contribution in [3.05, 3.63) is 23.8 Å². The van der Waals surface area contributed by atoms with Crippen LogP contribution in [0.5, 0.6) is 11.5 Å². The molecule has 0 spiro atoms. The van der Waals surface area contributed by atoms with Gasteiger partial charge >= 0.3 is 0 Å². The van der Waals surface area contributed by atoms with Crippen molar-refractivity contribution in [3.8, 4) is 11.5 Å². The predicted molar refractivity (Wildman–Crippen MR) is 131 cm³/mol. The Morgan fingerprint density at radius 2 is 1.93 bits per heavy atom. The maximum Gasteiger partial charge on any atom is 0.191 e. The second-order valence-corrected chi connectivity index (χ2v) is 10.5. The van der Waals surface area contributed by atoms with Crippen molar-refractivity contribution in [1.29, 1.82) is 0 Å². The number of guanidine groups is 1. The largest absolute Gasteiger partial charge is 0.493 e. The summed E-state index contributed by atoms with van der Waals surface area (Å²) in [5.41, 5.74) is 0.856. The lowest BCUT2D eigenvalue weighted by molar-refractivity contribution is 0.198. The van der Waals surface area contributed by atoms with Crippen LogP contribution in [0.25, 0.3) is 0 Å². The van der Waals surface area contributed by atoms with Gasteiger partial charge in [-0.1, -0.05) is 12.1 Å². The molecule has 30 heavy (non-hydrogen) atoms. The predicted octanol–water partition coefficient (Wildman–Crippen LogP) is 3.12. The van der Waals surface area contributed by atoms with E-state index >= 15 is 0 Å². The summed E-state index contributed by atoms with van der Waals surface area (Å²) in [6.07, 6.45) is 7.98. The molecule has 0 atom stereocenters. The normalized spacial score (nSPS) is 18.4. The minimum absolute atomic E-state index is 0. The summed E-state index contributed by atoms with van der Waals surface area (Å²) in [4.78, 5) is 4.28. The number of sulfone groups is 1. The van der Waals surface area contributed by atoms with Gasteiger partial charge in [0.05, 0.1) is 19.0 Å². The highest BCUT2D eigenvalue weighted by Gasteiger charge is 2.45. The van der Waals surface area contributed by atoms with Crippen molar-refractivity contribution in [3.63, 3.8) is 0 Å². The van der Waals surface area contributed by atoms with Crippen LogP contribution in [0.1, 0.15) is 44.1 Å². The molecular weight excluding hydrogens is 517 g/mol. The molecule has 0 heterocycles. The topological polar surface area (TPSA) is 89.0 Å². The third-order valence-corrected chi connectivity index (χ3v) is 6.83. The fraction of sp³-hybridized carbons (Fsp3) is 0.667. The standard InChI is InChI=1S/C21H33N3O4S.HI/c1-22-20(24-14-21(11-12-21)15-29(3,25)26)23-13-16-7-6-10-18(27-2)19(16)28-17-8-4-5-9-17;/h6-7,10,17H,4-5,8-9,11-15H2,1-3H3,(H2,22,23,24);1H. The van der Waals surface area contributed by atoms with Crippen LogP contribution >= 0.6 is 24.0 Å². The number of halogens is 1. The lowest BCUT2D eigenvalue weighted by Gasteiger charge is -2.21. The first-order chi connectivity index (χ1) is 13.8. The first-order valence-electron chi connectivity index (χ1n) is 10.3. The van der Waals surface area contributed by atoms with E-state index in [1.165, 1.54) is 19.1 Å². The average molecular weight is 551 g/mol. The Labute approximate surface area is 197 Å². The molecule has 0 saturated heterocycles. The molecule has 0 bridgehead atoms. The maximum atomic E-state index is 11.7. The van der Waals surface area contributed by atoms with Crippen LogP contribution in [0.3, 0.4) is 0 Å². The molecule has 0 aromatic heterocycles. The molecule has 2 aliphatic carbocycles. The second kappa shape index (κ2) is 10.9. The van der Waals surface area contributed by atoms with E-state index in [0.717, 1.165) is 42.7 Å². The molecule has 2 fully saturated rings. The Kier molecular flexibility index (Phi) is 9.08. The molecule has 1 aromatic rings. The van der Waals surface area contributed by atoms with E-state index in [4.69, 9.17) is 9.47 Å². The molecule has 9 heteroatoms. The Morgan fingerprint density at radius 3 is 2.50 bits per heavy atom. The number of ether oxygens (including phenoxy) is 2. The SMILES string of the molecule is CN=C(NCc1cccc(OC)c1OC1CCCC1)NCC1(CS(C)(=O)=O)CC1.I. The van der Waals surface area contributed by atoms with E-state index in [-0.39, 0.29) is 41.2 Å². The molecule has 0 aliphatic heterocycles. The first-order valence-corrected chi connectivity index (χ1v) is 12.3. The van der Waals surface area contributed by atoms with Crippen molar-refractivity contribution in [1.82, 2.24) is 10.6 Å². The van der Waals surface area contributed by atoms with E-state index in [1.54, 1.807) is 14.2 Å². The number of aliphatic imine (C=N–C) groups is 1. The summed E-state index contributed by atoms with van der Waals surface area (Å²) < 4.78 is 35.1. The van der Waals surface area contributed by atoms with E-state index in [0.29, 0.717) is 19.0 Å². The Hall–Kier alpha value is -1.23. The molecule has 170 valence electrons. The van der Waals surface area contributed by atoms with Crippen LogP contribution in [0, 0.1) is 5.41 Å². The summed E-state index contributed by atoms with van der Waals surface area (Å²) in [6.45, 7) is 1.14. The molecule has 0 amide bonds. The van der Waals surface area contributed by atoms with Crippen molar-refractivity contribution in [2.45, 2.75) is 51.2 Å². The van der Waals surface area contributed by atoms with Gasteiger partial charge in [-0.3, -0.25) is 4.99 Å². The zero-order valence-corrected chi connectivity index (χ0v) is 21.2. The van der Waals surface area contributed by atoms with E-state index in [9.17, 15) is 8.42 Å². The maximum absolute atomic E-state index is 11.7. The zero-order valence-electron chi connectivity index (χ0n) is 18.1. The van der Waals surface area contributed by atoms with Gasteiger partial charge in [-0.25, -0.2) is 8.42 Å². The highest BCUT2D eigenvalue weighted by atomic mass is 127. The highest BCUT2D eigenvalue weighted by Crippen LogP contribution is 2.46. The quantitative estimate of drug-likeness (QED) is 0.279. The number of methoxy groups -OCH3 is 1. The fourth-order valence-electron chi connectivity index (χ4n) is 3.94. The van der Waals surface area contributed by atoms with Gasteiger partial charge in [-0.2, -0.15) is 0 Å². The van der Waals surface area contributed by atoms with Gasteiger partial charge in [-0.05, 0) is 44.6 Å². The molecule has 0 radical (unpaired) electrons. The Morgan fingerprint density at radius 1 is 1.23 bits per heavy atom. The zero-order chi connectivity index (χ0) is 20.9. The average Bonchev–Trinajstić information content (AvgIpc) is 3.22. The lowest BCUT2D eigenvalue weighted by atomic mass is 10.1. The summed E-state index contributed by atoms with van der Waals surface area (Å²) in [6, 6.07) is 5.90. The van der Waals surface area contributed by atoms with Crippen LogP contribution < -0.4 is 20.1 Å². The summed E-state index contributed by atoms with van der Waals surface area (Å²) in [5.74, 6) is 2.41. The second-order valence-electron chi connectivity index (χ2n) is 8.32. The number of hydrogen-bond donors (Lipinski definition) is 2. The molecule has 2 N–H and O–H groups in total. The minimum Gasteiger partial charge on any atom is -0.493 e. The fourth-order valence-corrected chi connectivity index (χ4v) is 5.45. The summed E-state index contributed by atoms with van der Waals surface area (Å²) >= 11 is 0. The monoisotopic (exact) mass is 551 g/mol. The van der Waals surface area contributed by atoms with Crippen molar-refractivity contribution in [2.24, 2.45) is 10.4 Å². The van der Waals surface area contributed by atoms with Gasteiger partial charge in [0.1, 0.15) is 9.84 Å². The molecular formula is C21H34IN3O4S. The number of nitrogens with one attached hydrogen (secondary N) is 2. The molecule has 1 aromatic carbocycles. The summed E-state index contributed by atoms with van der Waals surface area (Å²) in [5, 5.41) is 6.61. The van der Waals surface area contributed by atoms with Crippen molar-refractivity contribution in [2.75, 3.05) is 32.7 Å². The van der Waals surface area contributed by atoms with Crippen LogP contribution in [0.15, 0.2) is 23.2 Å². The molecule has 0 unspecified atom stereocenters. The number of hydrogen-bond acceptors (Lipinski definition) is 5. The van der Waals surface area contributed by atoms with Crippen LogP contribution in [-0.2, 0) is 16.4 Å². The smallest absolute Gasteiger partial charge is 0.191 e. The molecule has 2 aliphatic rings. The van der Waals surface area contributed by atoms with Gasteiger partial charge in [0, 0.05) is 37.4 Å². The van der Waals surface area contributed by atoms with Gasteiger partial charge in [-0.15, -0.1) is 24.0 Å². The number of para-hydroxylation sites is 1. The molecule has 3 rings (SSSR count). The van der Waals surface area contributed by atoms with Crippen LogP contribution in [-0.4, -0.2) is 53.2 Å². The van der Waals surface area contributed by atoms with Crippen molar-refractivity contribution >= 4 is 39.8 Å². The molecule has 2 saturated carbocycles. The highest BCUT2D eigenvalue weighted by molar-refractivity contribution is 14.0. The number of nitrogens with zero attached hydrogens (tertiary/aromatic N) is 1. The van der Waals surface area contributed by atoms with E-state index < -0.39 is 9.84 Å². The number of rotatable bonds is 9. The van der Waals surface area contributed by atoms with Crippen LogP contribution in [0.2, 0.25) is 0 Å². The first kappa shape index (κ1) is 25.0. The third-order valence-electron chi connectivity index (χ3n) is 5.69. The third kappa shape index (κ3) is 7.18. The van der Waals surface area contributed by atoms with Crippen molar-refractivity contribution < 1.29 is 17.9 Å². The summed E-state index contributed by atoms with van der Waals surface area (Å²) in [7, 11) is 0.389. The molecule has 7 nitrogen and oxygen atoms in total. The Bertz CT molecular complexity index is 835.